The number of anilines is 2. The van der Waals surface area contributed by atoms with Gasteiger partial charge in [0.05, 0.1) is 17.0 Å². The molecule has 2 aromatic rings. The number of carbonyl (C=O) groups is 1. The normalized spacial score (nSPS) is 11.1. The lowest BCUT2D eigenvalue weighted by atomic mass is 10.1. The van der Waals surface area contributed by atoms with Crippen LogP contribution in [0.2, 0.25) is 10.0 Å². The molecule has 1 amide bonds. The monoisotopic (exact) mass is 372 g/mol. The van der Waals surface area contributed by atoms with E-state index in [4.69, 9.17) is 23.2 Å². The van der Waals surface area contributed by atoms with E-state index < -0.39 is 10.0 Å². The van der Waals surface area contributed by atoms with Crippen molar-refractivity contribution in [2.24, 2.45) is 0 Å². The van der Waals surface area contributed by atoms with Crippen LogP contribution in [-0.4, -0.2) is 20.6 Å². The van der Waals surface area contributed by atoms with Crippen LogP contribution in [0.4, 0.5) is 11.4 Å². The number of aryl methyl sites for hydroxylation is 1. The molecule has 0 spiro atoms. The Kier molecular flexibility index (Phi) is 5.19. The minimum atomic E-state index is -3.44. The Hall–Kier alpha value is -1.76. The number of hydrogen-bond acceptors (Lipinski definition) is 3. The second-order valence-electron chi connectivity index (χ2n) is 4.98. The molecule has 2 rings (SSSR count). The van der Waals surface area contributed by atoms with Gasteiger partial charge < -0.3 is 5.32 Å². The van der Waals surface area contributed by atoms with Gasteiger partial charge in [0.15, 0.2) is 0 Å². The fraction of sp³-hybridized carbons (Fsp3) is 0.133. The van der Waals surface area contributed by atoms with Crippen LogP contribution in [0.1, 0.15) is 15.9 Å². The Labute approximate surface area is 144 Å². The van der Waals surface area contributed by atoms with Gasteiger partial charge in [-0.05, 0) is 48.9 Å². The van der Waals surface area contributed by atoms with E-state index >= 15 is 0 Å². The number of hydrogen-bond donors (Lipinski definition) is 2. The summed E-state index contributed by atoms with van der Waals surface area (Å²) in [4.78, 5) is 12.3. The summed E-state index contributed by atoms with van der Waals surface area (Å²) >= 11 is 11.9. The maximum absolute atomic E-state index is 12.3. The van der Waals surface area contributed by atoms with Crippen LogP contribution in [0.25, 0.3) is 0 Å². The van der Waals surface area contributed by atoms with Crippen molar-refractivity contribution in [3.63, 3.8) is 0 Å². The van der Waals surface area contributed by atoms with Crippen LogP contribution in [0.5, 0.6) is 0 Å². The first-order chi connectivity index (χ1) is 10.7. The van der Waals surface area contributed by atoms with Crippen molar-refractivity contribution in [2.75, 3.05) is 16.3 Å². The summed E-state index contributed by atoms with van der Waals surface area (Å²) in [6, 6.07) is 9.44. The molecule has 0 aliphatic heterocycles. The Morgan fingerprint density at radius 3 is 2.26 bits per heavy atom. The predicted octanol–water partition coefficient (Wildman–Crippen LogP) is 3.93. The van der Waals surface area contributed by atoms with Crippen molar-refractivity contribution in [2.45, 2.75) is 6.92 Å². The molecule has 0 unspecified atom stereocenters. The number of halogens is 2. The average molecular weight is 373 g/mol. The summed E-state index contributed by atoms with van der Waals surface area (Å²) in [7, 11) is -3.44. The van der Waals surface area contributed by atoms with Gasteiger partial charge in [0.25, 0.3) is 5.91 Å². The summed E-state index contributed by atoms with van der Waals surface area (Å²) in [5.41, 5.74) is 1.98. The number of sulfonamides is 1. The zero-order chi connectivity index (χ0) is 17.2. The summed E-state index contributed by atoms with van der Waals surface area (Å²) < 4.78 is 24.7. The predicted molar refractivity (Wildman–Crippen MR) is 94.1 cm³/mol. The summed E-state index contributed by atoms with van der Waals surface area (Å²) in [5.74, 6) is -0.358. The Morgan fingerprint density at radius 1 is 1.04 bits per heavy atom. The molecule has 0 radical (unpaired) electrons. The van der Waals surface area contributed by atoms with Gasteiger partial charge in [0.1, 0.15) is 0 Å². The van der Waals surface area contributed by atoms with Crippen LogP contribution >= 0.6 is 23.2 Å². The maximum atomic E-state index is 12.3. The molecule has 8 heteroatoms. The van der Waals surface area contributed by atoms with Crippen LogP contribution in [-0.2, 0) is 10.0 Å². The number of rotatable bonds is 4. The van der Waals surface area contributed by atoms with E-state index in [1.165, 1.54) is 18.2 Å². The summed E-state index contributed by atoms with van der Waals surface area (Å²) in [5, 5.41) is 3.47. The maximum Gasteiger partial charge on any atom is 0.255 e. The zero-order valence-corrected chi connectivity index (χ0v) is 14.7. The van der Waals surface area contributed by atoms with Crippen LogP contribution in [0.3, 0.4) is 0 Å². The third kappa shape index (κ3) is 4.86. The largest absolute Gasteiger partial charge is 0.322 e. The number of carbonyl (C=O) groups excluding carboxylic acids is 1. The van der Waals surface area contributed by atoms with Gasteiger partial charge in [-0.3, -0.25) is 9.52 Å². The number of nitrogens with one attached hydrogen (secondary N) is 2. The van der Waals surface area contributed by atoms with E-state index in [2.05, 4.69) is 10.0 Å². The van der Waals surface area contributed by atoms with Gasteiger partial charge in [-0.1, -0.05) is 23.2 Å². The Bertz CT molecular complexity index is 867. The van der Waals surface area contributed by atoms with E-state index in [0.717, 1.165) is 11.8 Å². The third-order valence-electron chi connectivity index (χ3n) is 2.96. The molecule has 122 valence electrons. The number of amides is 1. The average Bonchev–Trinajstić information content (AvgIpc) is 2.42. The first-order valence-electron chi connectivity index (χ1n) is 6.50. The van der Waals surface area contributed by atoms with Crippen molar-refractivity contribution in [1.82, 2.24) is 0 Å². The van der Waals surface area contributed by atoms with E-state index in [9.17, 15) is 13.2 Å². The SMILES string of the molecule is Cc1cc(Cl)ccc1NC(=O)c1ccc(NS(C)(=O)=O)c(Cl)c1. The van der Waals surface area contributed by atoms with Crippen LogP contribution < -0.4 is 10.0 Å². The highest BCUT2D eigenvalue weighted by molar-refractivity contribution is 7.92. The van der Waals surface area contributed by atoms with Crippen LogP contribution in [0, 0.1) is 6.92 Å². The fourth-order valence-electron chi connectivity index (χ4n) is 1.90. The molecule has 0 heterocycles. The number of benzene rings is 2. The highest BCUT2D eigenvalue weighted by Gasteiger charge is 2.12. The molecule has 2 N–H and O–H groups in total. The van der Waals surface area contributed by atoms with Crippen molar-refractivity contribution in [3.05, 3.63) is 57.6 Å². The minimum Gasteiger partial charge on any atom is -0.322 e. The molecular weight excluding hydrogens is 359 g/mol. The molecular formula is C15H14Cl2N2O3S. The van der Waals surface area contributed by atoms with Crippen molar-refractivity contribution in [1.29, 1.82) is 0 Å². The molecule has 0 atom stereocenters. The molecule has 2 aromatic carbocycles. The van der Waals surface area contributed by atoms with E-state index in [1.807, 2.05) is 6.92 Å². The van der Waals surface area contributed by atoms with Crippen molar-refractivity contribution in [3.8, 4) is 0 Å². The Morgan fingerprint density at radius 2 is 1.70 bits per heavy atom. The Balaban J connectivity index is 2.21. The summed E-state index contributed by atoms with van der Waals surface area (Å²) in [6.45, 7) is 1.83. The highest BCUT2D eigenvalue weighted by atomic mass is 35.5. The van der Waals surface area contributed by atoms with E-state index in [-0.39, 0.29) is 16.6 Å². The van der Waals surface area contributed by atoms with Crippen molar-refractivity contribution >= 4 is 50.5 Å². The first-order valence-corrected chi connectivity index (χ1v) is 9.15. The molecule has 0 saturated carbocycles. The van der Waals surface area contributed by atoms with E-state index in [1.54, 1.807) is 18.2 Å². The lowest BCUT2D eigenvalue weighted by molar-refractivity contribution is 0.102. The lowest BCUT2D eigenvalue weighted by Crippen LogP contribution is -2.14. The molecule has 5 nitrogen and oxygen atoms in total. The summed E-state index contributed by atoms with van der Waals surface area (Å²) in [6.07, 6.45) is 1.02. The highest BCUT2D eigenvalue weighted by Crippen LogP contribution is 2.25. The van der Waals surface area contributed by atoms with Gasteiger partial charge in [-0.2, -0.15) is 0 Å². The molecule has 23 heavy (non-hydrogen) atoms. The quantitative estimate of drug-likeness (QED) is 0.853. The van der Waals surface area contributed by atoms with Crippen LogP contribution in [0.15, 0.2) is 36.4 Å². The topological polar surface area (TPSA) is 75.3 Å². The molecule has 0 fully saturated rings. The van der Waals surface area contributed by atoms with Gasteiger partial charge in [0.2, 0.25) is 10.0 Å². The van der Waals surface area contributed by atoms with Gasteiger partial charge in [-0.25, -0.2) is 8.42 Å². The van der Waals surface area contributed by atoms with Gasteiger partial charge in [-0.15, -0.1) is 0 Å². The fourth-order valence-corrected chi connectivity index (χ4v) is 2.99. The molecule has 0 saturated heterocycles. The zero-order valence-electron chi connectivity index (χ0n) is 12.4. The van der Waals surface area contributed by atoms with Gasteiger partial charge in [0, 0.05) is 16.3 Å². The van der Waals surface area contributed by atoms with Gasteiger partial charge >= 0.3 is 0 Å². The first kappa shape index (κ1) is 17.6. The second kappa shape index (κ2) is 6.78. The van der Waals surface area contributed by atoms with E-state index in [0.29, 0.717) is 16.3 Å². The minimum absolute atomic E-state index is 0.135. The molecule has 0 bridgehead atoms. The second-order valence-corrected chi connectivity index (χ2v) is 7.57. The molecule has 0 aliphatic carbocycles. The molecule has 0 aromatic heterocycles. The smallest absolute Gasteiger partial charge is 0.255 e. The molecule has 0 aliphatic rings. The van der Waals surface area contributed by atoms with Crippen molar-refractivity contribution < 1.29 is 13.2 Å². The third-order valence-corrected chi connectivity index (χ3v) is 4.10. The lowest BCUT2D eigenvalue weighted by Gasteiger charge is -2.11. The standard InChI is InChI=1S/C15H14Cl2N2O3S/c1-9-7-11(16)4-6-13(9)18-15(20)10-3-5-14(12(17)8-10)19-23(2,21)22/h3-8,19H,1-2H3,(H,18,20).